The number of nitrogens with one attached hydrogen (secondary N) is 2. The molecule has 0 saturated carbocycles. The summed E-state index contributed by atoms with van der Waals surface area (Å²) in [5.74, 6) is 5.40. The number of alkyl halides is 2. The summed E-state index contributed by atoms with van der Waals surface area (Å²) >= 11 is 1.51. The van der Waals surface area contributed by atoms with Gasteiger partial charge in [0.1, 0.15) is 16.3 Å². The Labute approximate surface area is 175 Å². The van der Waals surface area contributed by atoms with Crippen LogP contribution in [0.1, 0.15) is 18.9 Å². The maximum absolute atomic E-state index is 12.6. The third-order valence-corrected chi connectivity index (χ3v) is 4.82. The van der Waals surface area contributed by atoms with E-state index in [2.05, 4.69) is 35.5 Å². The molecule has 30 heavy (non-hydrogen) atoms. The number of halogens is 2. The van der Waals surface area contributed by atoms with Gasteiger partial charge in [0.05, 0.1) is 31.1 Å². The number of fused-ring (bicyclic) bond motifs is 1. The van der Waals surface area contributed by atoms with Crippen molar-refractivity contribution in [2.24, 2.45) is 5.84 Å². The first kappa shape index (κ1) is 21.8. The number of hydrogen-bond acceptors (Lipinski definition) is 10. The highest BCUT2D eigenvalue weighted by molar-refractivity contribution is 7.09. The predicted molar refractivity (Wildman–Crippen MR) is 108 cm³/mol. The molecule has 0 bridgehead atoms. The third kappa shape index (κ3) is 5.58. The average molecular weight is 440 g/mol. The largest absolute Gasteiger partial charge is 0.418 e. The average Bonchev–Trinajstić information content (AvgIpc) is 3.37. The summed E-state index contributed by atoms with van der Waals surface area (Å²) in [7, 11) is 0. The second-order valence-corrected chi connectivity index (χ2v) is 7.06. The molecule has 0 amide bonds. The summed E-state index contributed by atoms with van der Waals surface area (Å²) in [6.45, 7) is 1.48. The van der Waals surface area contributed by atoms with Crippen LogP contribution in [0.25, 0.3) is 11.2 Å². The smallest absolute Gasteiger partial charge is 0.388 e. The van der Waals surface area contributed by atoms with Crippen molar-refractivity contribution >= 4 is 28.3 Å². The lowest BCUT2D eigenvalue weighted by Crippen LogP contribution is -2.35. The Hall–Kier alpha value is -2.90. The molecule has 0 aliphatic rings. The Morgan fingerprint density at radius 3 is 2.87 bits per heavy atom. The Kier molecular flexibility index (Phi) is 7.43. The van der Waals surface area contributed by atoms with Gasteiger partial charge in [0.15, 0.2) is 5.65 Å². The third-order valence-electron chi connectivity index (χ3n) is 4.05. The molecule has 0 aromatic carbocycles. The fourth-order valence-corrected chi connectivity index (χ4v) is 3.30. The minimum atomic E-state index is -3.02. The van der Waals surface area contributed by atoms with Gasteiger partial charge in [0, 0.05) is 24.3 Å². The maximum atomic E-state index is 12.6. The first-order chi connectivity index (χ1) is 14.5. The van der Waals surface area contributed by atoms with Gasteiger partial charge < -0.3 is 14.8 Å². The van der Waals surface area contributed by atoms with Crippen molar-refractivity contribution in [3.05, 3.63) is 40.9 Å². The fourth-order valence-electron chi connectivity index (χ4n) is 2.71. The summed E-state index contributed by atoms with van der Waals surface area (Å²) in [5.41, 5.74) is 3.29. The van der Waals surface area contributed by atoms with Crippen molar-refractivity contribution in [1.29, 1.82) is 0 Å². The zero-order valence-electron chi connectivity index (χ0n) is 16.3. The summed E-state index contributed by atoms with van der Waals surface area (Å²) in [5, 5.41) is 10.2. The van der Waals surface area contributed by atoms with Crippen molar-refractivity contribution < 1.29 is 18.3 Å². The van der Waals surface area contributed by atoms with Crippen molar-refractivity contribution in [2.75, 3.05) is 11.9 Å². The molecule has 2 atom stereocenters. The maximum Gasteiger partial charge on any atom is 0.388 e. The minimum absolute atomic E-state index is 0.295. The van der Waals surface area contributed by atoms with Gasteiger partial charge in [-0.25, -0.2) is 25.5 Å². The molecular weight excluding hydrogens is 418 g/mol. The highest BCUT2D eigenvalue weighted by atomic mass is 32.1. The van der Waals surface area contributed by atoms with E-state index in [1.165, 1.54) is 23.6 Å². The second-order valence-electron chi connectivity index (χ2n) is 6.08. The van der Waals surface area contributed by atoms with Gasteiger partial charge in [-0.1, -0.05) is 0 Å². The Balaban J connectivity index is 1.86. The van der Waals surface area contributed by atoms with Gasteiger partial charge in [-0.15, -0.1) is 11.3 Å². The molecule has 3 aromatic heterocycles. The lowest BCUT2D eigenvalue weighted by Gasteiger charge is -2.23. The van der Waals surface area contributed by atoms with Gasteiger partial charge in [0.2, 0.25) is 5.88 Å². The molecule has 0 spiro atoms. The summed E-state index contributed by atoms with van der Waals surface area (Å²) < 4.78 is 36.8. The van der Waals surface area contributed by atoms with E-state index in [1.807, 2.05) is 12.3 Å². The van der Waals surface area contributed by atoms with Gasteiger partial charge in [-0.3, -0.25) is 5.43 Å². The van der Waals surface area contributed by atoms with Crippen molar-refractivity contribution in [3.8, 4) is 0 Å². The molecule has 3 aromatic rings. The van der Waals surface area contributed by atoms with Crippen LogP contribution in [0.5, 0.6) is 0 Å². The van der Waals surface area contributed by atoms with E-state index in [-0.39, 0.29) is 5.88 Å². The molecule has 0 saturated heterocycles. The molecule has 3 heterocycles. The molecule has 162 valence electrons. The zero-order valence-corrected chi connectivity index (χ0v) is 17.1. The van der Waals surface area contributed by atoms with E-state index in [9.17, 15) is 8.78 Å². The molecule has 0 radical (unpaired) electrons. The molecular formula is C17H22F2N8O2S. The summed E-state index contributed by atoms with van der Waals surface area (Å²) in [6, 6.07) is -0.586. The van der Waals surface area contributed by atoms with Crippen LogP contribution in [0.3, 0.4) is 0 Å². The Morgan fingerprint density at radius 2 is 2.20 bits per heavy atom. The van der Waals surface area contributed by atoms with Crippen molar-refractivity contribution in [2.45, 2.75) is 39.1 Å². The fraction of sp³-hybridized carbons (Fsp3) is 0.412. The van der Waals surface area contributed by atoms with E-state index < -0.39 is 18.8 Å². The van der Waals surface area contributed by atoms with Crippen LogP contribution in [-0.2, 0) is 16.0 Å². The minimum Gasteiger partial charge on any atom is -0.418 e. The van der Waals surface area contributed by atoms with E-state index in [0.717, 1.165) is 5.01 Å². The first-order valence-corrected chi connectivity index (χ1v) is 9.96. The normalized spacial score (nSPS) is 14.1. The highest BCUT2D eigenvalue weighted by Gasteiger charge is 2.20. The molecule has 0 aliphatic heterocycles. The summed E-state index contributed by atoms with van der Waals surface area (Å²) in [4.78, 5) is 13.2. The standard InChI is InChI=1S/C17H22F2N8O2S/c1-3-28-10(2)11(6-14(26-20)29-17(18)19)24-13-8-22-12-7-23-27(16(12)25-13)9-15-21-4-5-30-15/h4-8,10-11,17,26H,3,9,20H2,1-2H3,(H,24,25)/b14-6+. The number of ether oxygens (including phenoxy) is 2. The van der Waals surface area contributed by atoms with Crippen molar-refractivity contribution in [3.63, 3.8) is 0 Å². The van der Waals surface area contributed by atoms with Crippen LogP contribution in [0.2, 0.25) is 0 Å². The zero-order chi connectivity index (χ0) is 21.5. The van der Waals surface area contributed by atoms with Crippen LogP contribution >= 0.6 is 11.3 Å². The molecule has 0 fully saturated rings. The SMILES string of the molecule is CCOC(C)C(/C=C(\NN)OC(F)F)Nc1cnc2cnn(Cc3nccs3)c2n1. The Bertz CT molecular complexity index is 966. The first-order valence-electron chi connectivity index (χ1n) is 9.08. The van der Waals surface area contributed by atoms with Gasteiger partial charge in [-0.2, -0.15) is 13.9 Å². The molecule has 2 unspecified atom stereocenters. The van der Waals surface area contributed by atoms with Gasteiger partial charge >= 0.3 is 6.61 Å². The van der Waals surface area contributed by atoms with E-state index >= 15 is 0 Å². The number of thiazole rings is 1. The number of anilines is 1. The number of hydrogen-bond donors (Lipinski definition) is 3. The molecule has 4 N–H and O–H groups in total. The van der Waals surface area contributed by atoms with E-state index in [4.69, 9.17) is 10.6 Å². The topological polar surface area (TPSA) is 125 Å². The van der Waals surface area contributed by atoms with Crippen LogP contribution in [0.15, 0.2) is 35.9 Å². The number of nitrogens with two attached hydrogens (primary N) is 1. The van der Waals surface area contributed by atoms with Crippen LogP contribution in [0, 0.1) is 0 Å². The lowest BCUT2D eigenvalue weighted by molar-refractivity contribution is -0.102. The van der Waals surface area contributed by atoms with Gasteiger partial charge in [-0.05, 0) is 13.8 Å². The van der Waals surface area contributed by atoms with Crippen LogP contribution in [-0.4, -0.2) is 50.1 Å². The predicted octanol–water partition coefficient (Wildman–Crippen LogP) is 2.08. The quantitative estimate of drug-likeness (QED) is 0.233. The second kappa shape index (κ2) is 10.2. The number of aromatic nitrogens is 5. The number of rotatable bonds is 11. The van der Waals surface area contributed by atoms with E-state index in [1.54, 1.807) is 24.0 Å². The molecule has 0 aliphatic carbocycles. The monoisotopic (exact) mass is 440 g/mol. The van der Waals surface area contributed by atoms with Crippen LogP contribution in [0.4, 0.5) is 14.6 Å². The number of hydrazine groups is 1. The summed E-state index contributed by atoms with van der Waals surface area (Å²) in [6.07, 6.45) is 5.83. The van der Waals surface area contributed by atoms with Gasteiger partial charge in [0.25, 0.3) is 0 Å². The van der Waals surface area contributed by atoms with E-state index in [0.29, 0.717) is 30.1 Å². The molecule has 13 heteroatoms. The number of nitrogens with zero attached hydrogens (tertiary/aromatic N) is 5. The van der Waals surface area contributed by atoms with Crippen molar-refractivity contribution in [1.82, 2.24) is 30.2 Å². The Morgan fingerprint density at radius 1 is 1.37 bits per heavy atom. The van der Waals surface area contributed by atoms with Crippen LogP contribution < -0.4 is 16.6 Å². The lowest BCUT2D eigenvalue weighted by atomic mass is 10.1. The highest BCUT2D eigenvalue weighted by Crippen LogP contribution is 2.17. The molecule has 10 nitrogen and oxygen atoms in total. The molecule has 3 rings (SSSR count).